The highest BCUT2D eigenvalue weighted by Gasteiger charge is 2.58. The van der Waals surface area contributed by atoms with E-state index in [2.05, 4.69) is 0 Å². The van der Waals surface area contributed by atoms with E-state index < -0.39 is 21.9 Å². The maximum absolute atomic E-state index is 11.9. The molecule has 17 heavy (non-hydrogen) atoms. The first-order chi connectivity index (χ1) is 7.92. The van der Waals surface area contributed by atoms with Crippen LogP contribution >= 0.6 is 23.5 Å². The molecule has 1 aliphatic heterocycles. The second-order valence-corrected chi connectivity index (χ2v) is 5.27. The SMILES string of the molecule is CN1C(=O)N(C)C(=O)C(SC#N)(SC#N)C1=O. The minimum Gasteiger partial charge on any atom is -0.271 e. The van der Waals surface area contributed by atoms with Gasteiger partial charge < -0.3 is 0 Å². The van der Waals surface area contributed by atoms with Gasteiger partial charge in [0.25, 0.3) is 11.8 Å². The number of carbonyl (C=O) groups is 3. The summed E-state index contributed by atoms with van der Waals surface area (Å²) in [6.07, 6.45) is 0. The molecule has 4 amide bonds. The molecule has 1 fully saturated rings. The molecule has 0 aromatic carbocycles. The van der Waals surface area contributed by atoms with Gasteiger partial charge >= 0.3 is 6.03 Å². The first-order valence-corrected chi connectivity index (χ1v) is 5.80. The topological polar surface area (TPSA) is 105 Å². The summed E-state index contributed by atoms with van der Waals surface area (Å²) in [5, 5.41) is 20.5. The molecule has 0 N–H and O–H groups in total. The molecular formula is C8H6N4O3S2. The Morgan fingerprint density at radius 1 is 1.00 bits per heavy atom. The van der Waals surface area contributed by atoms with Crippen LogP contribution in [-0.4, -0.2) is 45.8 Å². The van der Waals surface area contributed by atoms with Gasteiger partial charge in [0.15, 0.2) is 0 Å². The van der Waals surface area contributed by atoms with E-state index in [1.54, 1.807) is 10.8 Å². The molecule has 88 valence electrons. The molecular weight excluding hydrogens is 264 g/mol. The van der Waals surface area contributed by atoms with Gasteiger partial charge in [-0.3, -0.25) is 19.4 Å². The zero-order valence-electron chi connectivity index (χ0n) is 8.83. The highest BCUT2D eigenvalue weighted by atomic mass is 32.2. The second-order valence-electron chi connectivity index (χ2n) is 3.01. The van der Waals surface area contributed by atoms with Crippen LogP contribution in [0.25, 0.3) is 0 Å². The van der Waals surface area contributed by atoms with Crippen molar-refractivity contribution >= 4 is 41.4 Å². The fraction of sp³-hybridized carbons (Fsp3) is 0.375. The zero-order valence-corrected chi connectivity index (χ0v) is 10.5. The molecule has 0 atom stereocenters. The summed E-state index contributed by atoms with van der Waals surface area (Å²) >= 11 is 0.723. The van der Waals surface area contributed by atoms with Gasteiger partial charge in [-0.1, -0.05) is 0 Å². The lowest BCUT2D eigenvalue weighted by molar-refractivity contribution is -0.141. The highest BCUT2D eigenvalue weighted by molar-refractivity contribution is 8.24. The van der Waals surface area contributed by atoms with Crippen molar-refractivity contribution in [1.82, 2.24) is 9.80 Å². The number of amides is 4. The lowest BCUT2D eigenvalue weighted by Gasteiger charge is -2.37. The molecule has 0 spiro atoms. The van der Waals surface area contributed by atoms with E-state index in [0.717, 1.165) is 9.80 Å². The smallest absolute Gasteiger partial charge is 0.271 e. The molecule has 7 nitrogen and oxygen atoms in total. The van der Waals surface area contributed by atoms with Crippen molar-refractivity contribution in [2.45, 2.75) is 4.08 Å². The molecule has 0 unspecified atom stereocenters. The van der Waals surface area contributed by atoms with Gasteiger partial charge in [0, 0.05) is 14.1 Å². The number of imide groups is 2. The van der Waals surface area contributed by atoms with Crippen molar-refractivity contribution < 1.29 is 14.4 Å². The van der Waals surface area contributed by atoms with Gasteiger partial charge in [-0.25, -0.2) is 4.79 Å². The molecule has 0 aromatic rings. The minimum atomic E-state index is -1.92. The van der Waals surface area contributed by atoms with Crippen molar-refractivity contribution in [2.24, 2.45) is 0 Å². The van der Waals surface area contributed by atoms with Gasteiger partial charge in [0.05, 0.1) is 0 Å². The third-order valence-electron chi connectivity index (χ3n) is 2.12. The number of rotatable bonds is 2. The van der Waals surface area contributed by atoms with E-state index in [-0.39, 0.29) is 0 Å². The van der Waals surface area contributed by atoms with Gasteiger partial charge in [-0.05, 0) is 23.5 Å². The molecule has 9 heteroatoms. The Kier molecular flexibility index (Phi) is 3.66. The van der Waals surface area contributed by atoms with Crippen molar-refractivity contribution in [1.29, 1.82) is 10.5 Å². The predicted molar refractivity (Wildman–Crippen MR) is 60.1 cm³/mol. The van der Waals surface area contributed by atoms with Gasteiger partial charge in [-0.2, -0.15) is 10.5 Å². The van der Waals surface area contributed by atoms with Crippen LogP contribution in [0.15, 0.2) is 0 Å². The zero-order chi connectivity index (χ0) is 13.2. The number of hydrogen-bond donors (Lipinski definition) is 0. The fourth-order valence-electron chi connectivity index (χ4n) is 1.26. The number of nitriles is 2. The largest absolute Gasteiger partial charge is 0.333 e. The van der Waals surface area contributed by atoms with E-state index in [0.29, 0.717) is 23.5 Å². The van der Waals surface area contributed by atoms with E-state index >= 15 is 0 Å². The van der Waals surface area contributed by atoms with Crippen molar-refractivity contribution in [3.8, 4) is 10.8 Å². The van der Waals surface area contributed by atoms with Gasteiger partial charge in [0.1, 0.15) is 10.8 Å². The molecule has 1 saturated heterocycles. The van der Waals surface area contributed by atoms with E-state index in [9.17, 15) is 14.4 Å². The molecule has 0 aliphatic carbocycles. The van der Waals surface area contributed by atoms with Crippen LogP contribution in [0.5, 0.6) is 0 Å². The average molecular weight is 270 g/mol. The number of nitrogens with zero attached hydrogens (tertiary/aromatic N) is 4. The van der Waals surface area contributed by atoms with Gasteiger partial charge in [0.2, 0.25) is 4.08 Å². The Morgan fingerprint density at radius 2 is 1.35 bits per heavy atom. The summed E-state index contributed by atoms with van der Waals surface area (Å²) < 4.78 is -1.92. The van der Waals surface area contributed by atoms with Crippen molar-refractivity contribution in [2.75, 3.05) is 14.1 Å². The normalized spacial score (nSPS) is 18.9. The first-order valence-electron chi connectivity index (χ1n) is 4.16. The fourth-order valence-corrected chi connectivity index (χ4v) is 2.80. The predicted octanol–water partition coefficient (Wildman–Crippen LogP) is 0.162. The van der Waals surface area contributed by atoms with Crippen LogP contribution in [0.4, 0.5) is 4.79 Å². The first kappa shape index (κ1) is 13.4. The Balaban J connectivity index is 3.32. The van der Waals surface area contributed by atoms with Crippen LogP contribution in [0.1, 0.15) is 0 Å². The summed E-state index contributed by atoms with van der Waals surface area (Å²) in [6, 6.07) is -0.785. The van der Waals surface area contributed by atoms with Crippen LogP contribution in [-0.2, 0) is 9.59 Å². The average Bonchev–Trinajstić information content (AvgIpc) is 2.32. The standard InChI is InChI=1S/C8H6N4O3S2/c1-11-5(13)8(16-3-9,17-4-10)6(14)12(2)7(11)15/h1-2H3. The maximum Gasteiger partial charge on any atom is 0.333 e. The summed E-state index contributed by atoms with van der Waals surface area (Å²) in [5.41, 5.74) is 0. The Hall–Kier alpha value is -1.71. The number of barbiturate groups is 1. The summed E-state index contributed by atoms with van der Waals surface area (Å²) in [6.45, 7) is 0. The molecule has 0 bridgehead atoms. The lowest BCUT2D eigenvalue weighted by Crippen LogP contribution is -2.63. The second kappa shape index (κ2) is 4.65. The monoisotopic (exact) mass is 270 g/mol. The van der Waals surface area contributed by atoms with E-state index in [1.807, 2.05) is 0 Å². The van der Waals surface area contributed by atoms with E-state index in [1.165, 1.54) is 14.1 Å². The van der Waals surface area contributed by atoms with Crippen LogP contribution < -0.4 is 0 Å². The van der Waals surface area contributed by atoms with Crippen LogP contribution in [0.2, 0.25) is 0 Å². The Bertz CT molecular complexity index is 436. The molecule has 0 saturated carbocycles. The van der Waals surface area contributed by atoms with Crippen molar-refractivity contribution in [3.63, 3.8) is 0 Å². The third kappa shape index (κ3) is 1.84. The number of thiocyanates is 2. The maximum atomic E-state index is 11.9. The summed E-state index contributed by atoms with van der Waals surface area (Å²) in [7, 11) is 2.39. The number of thioether (sulfide) groups is 2. The van der Waals surface area contributed by atoms with Gasteiger partial charge in [-0.15, -0.1) is 0 Å². The highest BCUT2D eigenvalue weighted by Crippen LogP contribution is 2.41. The summed E-state index contributed by atoms with van der Waals surface area (Å²) in [4.78, 5) is 36.7. The Morgan fingerprint density at radius 3 is 1.65 bits per heavy atom. The Labute approximate surface area is 105 Å². The molecule has 0 radical (unpaired) electrons. The number of hydrogen-bond acceptors (Lipinski definition) is 7. The lowest BCUT2D eigenvalue weighted by atomic mass is 10.2. The molecule has 0 aromatic heterocycles. The molecule has 1 rings (SSSR count). The summed E-state index contributed by atoms with van der Waals surface area (Å²) in [5.74, 6) is -1.74. The molecule has 1 heterocycles. The van der Waals surface area contributed by atoms with Crippen molar-refractivity contribution in [3.05, 3.63) is 0 Å². The number of urea groups is 1. The number of carbonyl (C=O) groups excluding carboxylic acids is 3. The quantitative estimate of drug-likeness (QED) is 0.400. The molecule has 1 aliphatic rings. The minimum absolute atomic E-state index is 0.361. The van der Waals surface area contributed by atoms with Crippen LogP contribution in [0.3, 0.4) is 0 Å². The van der Waals surface area contributed by atoms with E-state index in [4.69, 9.17) is 10.5 Å². The third-order valence-corrected chi connectivity index (χ3v) is 4.08. The van der Waals surface area contributed by atoms with Crippen LogP contribution in [0, 0.1) is 21.3 Å².